The zero-order valence-electron chi connectivity index (χ0n) is 13.0. The van der Waals surface area contributed by atoms with E-state index in [1.54, 1.807) is 29.7 Å². The van der Waals surface area contributed by atoms with Crippen molar-refractivity contribution >= 4 is 28.8 Å². The second kappa shape index (κ2) is 7.04. The lowest BCUT2D eigenvalue weighted by molar-refractivity contribution is 0.584. The molecule has 4 rings (SSSR count). The first-order valence-corrected chi connectivity index (χ1v) is 8.86. The zero-order valence-corrected chi connectivity index (χ0v) is 14.6. The van der Waals surface area contributed by atoms with E-state index in [0.29, 0.717) is 29.2 Å². The minimum atomic E-state index is 0.423. The van der Waals surface area contributed by atoms with Crippen LogP contribution in [0.25, 0.3) is 22.9 Å². The molecule has 0 radical (unpaired) electrons. The van der Waals surface area contributed by atoms with Crippen LogP contribution >= 0.6 is 22.9 Å². The van der Waals surface area contributed by atoms with Crippen LogP contribution in [0.3, 0.4) is 0 Å². The zero-order chi connectivity index (χ0) is 17.1. The average Bonchev–Trinajstić information content (AvgIpc) is 3.33. The maximum Gasteiger partial charge on any atom is 0.251 e. The Labute approximate surface area is 153 Å². The van der Waals surface area contributed by atoms with Crippen LogP contribution in [-0.4, -0.2) is 15.2 Å². The van der Waals surface area contributed by atoms with Gasteiger partial charge in [-0.05, 0) is 47.8 Å². The highest BCUT2D eigenvalue weighted by Crippen LogP contribution is 2.29. The monoisotopic (exact) mass is 368 g/mol. The molecule has 0 saturated heterocycles. The lowest BCUT2D eigenvalue weighted by Gasteiger charge is -2.07. The molecule has 0 aliphatic heterocycles. The molecule has 0 fully saturated rings. The first-order chi connectivity index (χ1) is 12.3. The molecule has 1 aromatic carbocycles. The van der Waals surface area contributed by atoms with Gasteiger partial charge >= 0.3 is 0 Å². The molecule has 7 heteroatoms. The molecule has 3 heterocycles. The van der Waals surface area contributed by atoms with Gasteiger partial charge in [0.15, 0.2) is 0 Å². The van der Waals surface area contributed by atoms with E-state index in [2.05, 4.69) is 26.6 Å². The van der Waals surface area contributed by atoms with Gasteiger partial charge in [0.25, 0.3) is 5.89 Å². The number of nitrogens with one attached hydrogen (secondary N) is 1. The highest BCUT2D eigenvalue weighted by Gasteiger charge is 2.14. The molecule has 1 N–H and O–H groups in total. The minimum Gasteiger partial charge on any atom is -0.416 e. The molecule has 5 nitrogen and oxygen atoms in total. The average molecular weight is 369 g/mol. The van der Waals surface area contributed by atoms with Crippen LogP contribution in [0.2, 0.25) is 5.02 Å². The van der Waals surface area contributed by atoms with Crippen LogP contribution in [0, 0.1) is 0 Å². The Hall–Kier alpha value is -2.70. The molecule has 124 valence electrons. The topological polar surface area (TPSA) is 63.8 Å². The number of rotatable bonds is 5. The van der Waals surface area contributed by atoms with E-state index in [-0.39, 0.29) is 0 Å². The van der Waals surface area contributed by atoms with E-state index in [1.807, 2.05) is 35.7 Å². The number of thiophene rings is 1. The number of hydrogen-bond donors (Lipinski definition) is 1. The van der Waals surface area contributed by atoms with Crippen molar-refractivity contribution in [1.82, 2.24) is 15.2 Å². The number of nitrogens with zero attached hydrogens (tertiary/aromatic N) is 3. The Morgan fingerprint density at radius 1 is 1.00 bits per heavy atom. The summed E-state index contributed by atoms with van der Waals surface area (Å²) in [6.45, 7) is 0.694. The third-order valence-corrected chi connectivity index (χ3v) is 4.69. The van der Waals surface area contributed by atoms with E-state index in [9.17, 15) is 0 Å². The molecule has 0 amide bonds. The molecule has 25 heavy (non-hydrogen) atoms. The molecule has 0 spiro atoms. The van der Waals surface area contributed by atoms with Crippen LogP contribution in [0.4, 0.5) is 5.82 Å². The Bertz CT molecular complexity index is 967. The smallest absolute Gasteiger partial charge is 0.251 e. The van der Waals surface area contributed by atoms with Crippen LogP contribution in [-0.2, 0) is 6.54 Å². The lowest BCUT2D eigenvalue weighted by Crippen LogP contribution is -2.01. The lowest BCUT2D eigenvalue weighted by atomic mass is 10.2. The molecule has 4 aromatic rings. The van der Waals surface area contributed by atoms with Gasteiger partial charge in [0.05, 0.1) is 12.1 Å². The maximum absolute atomic E-state index is 5.92. The summed E-state index contributed by atoms with van der Waals surface area (Å²) < 4.78 is 5.83. The minimum absolute atomic E-state index is 0.423. The van der Waals surface area contributed by atoms with Crippen molar-refractivity contribution in [3.8, 4) is 22.9 Å². The summed E-state index contributed by atoms with van der Waals surface area (Å²) in [4.78, 5) is 5.62. The number of halogens is 1. The predicted octanol–water partition coefficient (Wildman–Crippen LogP) is 5.13. The van der Waals surface area contributed by atoms with Crippen LogP contribution < -0.4 is 5.32 Å². The Kier molecular flexibility index (Phi) is 4.45. The van der Waals surface area contributed by atoms with Gasteiger partial charge in [0, 0.05) is 21.7 Å². The van der Waals surface area contributed by atoms with Crippen molar-refractivity contribution in [3.63, 3.8) is 0 Å². The highest BCUT2D eigenvalue weighted by atomic mass is 35.5. The first kappa shape index (κ1) is 15.8. The van der Waals surface area contributed by atoms with Gasteiger partial charge < -0.3 is 9.73 Å². The van der Waals surface area contributed by atoms with Gasteiger partial charge in [-0.2, -0.15) is 0 Å². The molecule has 0 aliphatic carbocycles. The van der Waals surface area contributed by atoms with Gasteiger partial charge in [-0.25, -0.2) is 4.98 Å². The van der Waals surface area contributed by atoms with E-state index in [4.69, 9.17) is 16.0 Å². The van der Waals surface area contributed by atoms with Crippen LogP contribution in [0.15, 0.2) is 64.5 Å². The highest BCUT2D eigenvalue weighted by molar-refractivity contribution is 7.09. The van der Waals surface area contributed by atoms with Gasteiger partial charge in [0.2, 0.25) is 5.89 Å². The molecule has 3 aromatic heterocycles. The predicted molar refractivity (Wildman–Crippen MR) is 99.6 cm³/mol. The second-order valence-electron chi connectivity index (χ2n) is 5.25. The standard InChI is InChI=1S/C18H13ClN4OS/c19-13-7-5-12(6-8-13)17-22-23-18(24-17)15-4-1-9-20-16(15)21-11-14-3-2-10-25-14/h1-10H,11H2,(H,20,21). The van der Waals surface area contributed by atoms with E-state index >= 15 is 0 Å². The molecule has 0 unspecified atom stereocenters. The number of hydrogen-bond acceptors (Lipinski definition) is 6. The van der Waals surface area contributed by atoms with Crippen molar-refractivity contribution in [1.29, 1.82) is 0 Å². The molecular formula is C18H13ClN4OS. The largest absolute Gasteiger partial charge is 0.416 e. The third-order valence-electron chi connectivity index (χ3n) is 3.56. The normalized spacial score (nSPS) is 10.8. The van der Waals surface area contributed by atoms with Gasteiger partial charge in [-0.3, -0.25) is 0 Å². The van der Waals surface area contributed by atoms with Crippen molar-refractivity contribution in [2.24, 2.45) is 0 Å². The number of anilines is 1. The summed E-state index contributed by atoms with van der Waals surface area (Å²) in [5, 5.41) is 14.3. The summed E-state index contributed by atoms with van der Waals surface area (Å²) in [5.41, 5.74) is 1.59. The van der Waals surface area contributed by atoms with E-state index in [1.165, 1.54) is 4.88 Å². The third kappa shape index (κ3) is 3.55. The second-order valence-corrected chi connectivity index (χ2v) is 6.72. The summed E-state index contributed by atoms with van der Waals surface area (Å²) >= 11 is 7.61. The number of benzene rings is 1. The summed E-state index contributed by atoms with van der Waals surface area (Å²) in [5.74, 6) is 1.58. The fraction of sp³-hybridized carbons (Fsp3) is 0.0556. The molecule has 0 bridgehead atoms. The van der Waals surface area contributed by atoms with Gasteiger partial charge in [-0.15, -0.1) is 21.5 Å². The molecule has 0 atom stereocenters. The van der Waals surface area contributed by atoms with Crippen LogP contribution in [0.1, 0.15) is 4.88 Å². The number of aromatic nitrogens is 3. The Balaban J connectivity index is 1.60. The molecule has 0 saturated carbocycles. The SMILES string of the molecule is Clc1ccc(-c2nnc(-c3cccnc3NCc3cccs3)o2)cc1. The first-order valence-electron chi connectivity index (χ1n) is 7.61. The van der Waals surface area contributed by atoms with E-state index < -0.39 is 0 Å². The van der Waals surface area contributed by atoms with Crippen molar-refractivity contribution in [3.05, 3.63) is 70.0 Å². The van der Waals surface area contributed by atoms with E-state index in [0.717, 1.165) is 11.1 Å². The van der Waals surface area contributed by atoms with Crippen molar-refractivity contribution < 1.29 is 4.42 Å². The van der Waals surface area contributed by atoms with Crippen molar-refractivity contribution in [2.45, 2.75) is 6.54 Å². The summed E-state index contributed by atoms with van der Waals surface area (Å²) in [6, 6.07) is 15.1. The van der Waals surface area contributed by atoms with Crippen LogP contribution in [0.5, 0.6) is 0 Å². The summed E-state index contributed by atoms with van der Waals surface area (Å²) in [6.07, 6.45) is 1.73. The molecule has 0 aliphatic rings. The van der Waals surface area contributed by atoms with Crippen molar-refractivity contribution in [2.75, 3.05) is 5.32 Å². The fourth-order valence-electron chi connectivity index (χ4n) is 2.34. The Morgan fingerprint density at radius 2 is 1.84 bits per heavy atom. The summed E-state index contributed by atoms with van der Waals surface area (Å²) in [7, 11) is 0. The Morgan fingerprint density at radius 3 is 2.64 bits per heavy atom. The van der Waals surface area contributed by atoms with Gasteiger partial charge in [-0.1, -0.05) is 17.7 Å². The maximum atomic E-state index is 5.92. The van der Waals surface area contributed by atoms with Gasteiger partial charge in [0.1, 0.15) is 5.82 Å². The molecular weight excluding hydrogens is 356 g/mol. The fourth-order valence-corrected chi connectivity index (χ4v) is 3.11. The number of pyridine rings is 1. The quantitative estimate of drug-likeness (QED) is 0.529.